The van der Waals surface area contributed by atoms with Gasteiger partial charge in [0.15, 0.2) is 0 Å². The van der Waals surface area contributed by atoms with E-state index in [1.165, 1.54) is 6.92 Å². The van der Waals surface area contributed by atoms with Crippen molar-refractivity contribution in [1.29, 1.82) is 0 Å². The summed E-state index contributed by atoms with van der Waals surface area (Å²) in [5.74, 6) is -7.93. The van der Waals surface area contributed by atoms with Gasteiger partial charge >= 0.3 is 12.0 Å². The Morgan fingerprint density at radius 2 is 1.74 bits per heavy atom. The summed E-state index contributed by atoms with van der Waals surface area (Å²) < 4.78 is 94.2. The van der Waals surface area contributed by atoms with Gasteiger partial charge in [0.2, 0.25) is 5.83 Å². The van der Waals surface area contributed by atoms with Crippen molar-refractivity contribution >= 4 is 10.1 Å². The first-order valence-electron chi connectivity index (χ1n) is 4.65. The molecule has 1 rings (SSSR count). The van der Waals surface area contributed by atoms with E-state index in [2.05, 4.69) is 0 Å². The zero-order valence-corrected chi connectivity index (χ0v) is 10.1. The van der Waals surface area contributed by atoms with Gasteiger partial charge in [-0.1, -0.05) is 11.6 Å². The van der Waals surface area contributed by atoms with E-state index in [1.54, 1.807) is 0 Å². The number of allylic oxidation sites excluding steroid dienone is 1. The second-order valence-electron chi connectivity index (χ2n) is 3.62. The third-order valence-electron chi connectivity index (χ3n) is 2.19. The van der Waals surface area contributed by atoms with Crippen molar-refractivity contribution in [1.82, 2.24) is 0 Å². The minimum Gasteiger partial charge on any atom is -0.282 e. The van der Waals surface area contributed by atoms with Gasteiger partial charge in [0, 0.05) is 5.56 Å². The first-order chi connectivity index (χ1) is 8.48. The van der Waals surface area contributed by atoms with Crippen molar-refractivity contribution in [2.45, 2.75) is 17.7 Å². The van der Waals surface area contributed by atoms with E-state index in [0.29, 0.717) is 12.1 Å². The van der Waals surface area contributed by atoms with Crippen LogP contribution in [-0.4, -0.2) is 13.0 Å². The van der Waals surface area contributed by atoms with E-state index in [1.807, 2.05) is 0 Å². The lowest BCUT2D eigenvalue weighted by Crippen LogP contribution is -2.19. The van der Waals surface area contributed by atoms with Crippen LogP contribution in [0.5, 0.6) is 0 Å². The molecule has 0 spiro atoms. The molecule has 0 atom stereocenters. The Labute approximate surface area is 105 Å². The highest BCUT2D eigenvalue weighted by Crippen LogP contribution is 2.42. The summed E-state index contributed by atoms with van der Waals surface area (Å²) >= 11 is 0. The SMILES string of the molecule is Cc1ccc(S(=O)(=O)O)c(C(F)(F)C(F)=C(F)F)c1. The smallest absolute Gasteiger partial charge is 0.282 e. The molecule has 0 unspecified atom stereocenters. The molecule has 0 saturated carbocycles. The summed E-state index contributed by atoms with van der Waals surface area (Å²) in [4.78, 5) is -1.33. The molecule has 1 N–H and O–H groups in total. The van der Waals surface area contributed by atoms with Crippen LogP contribution in [0, 0.1) is 6.92 Å². The lowest BCUT2D eigenvalue weighted by atomic mass is 10.0. The fourth-order valence-corrected chi connectivity index (χ4v) is 2.06. The monoisotopic (exact) mass is 302 g/mol. The van der Waals surface area contributed by atoms with Gasteiger partial charge in [-0.15, -0.1) is 0 Å². The van der Waals surface area contributed by atoms with Crippen LogP contribution in [0.15, 0.2) is 35.0 Å². The number of alkyl halides is 2. The Balaban J connectivity index is 3.68. The van der Waals surface area contributed by atoms with E-state index >= 15 is 0 Å². The molecule has 0 aliphatic carbocycles. The molecule has 1 aromatic carbocycles. The van der Waals surface area contributed by atoms with Crippen LogP contribution in [0.1, 0.15) is 11.1 Å². The van der Waals surface area contributed by atoms with Crippen LogP contribution in [-0.2, 0) is 16.0 Å². The highest BCUT2D eigenvalue weighted by molar-refractivity contribution is 7.85. The van der Waals surface area contributed by atoms with Crippen LogP contribution in [0.25, 0.3) is 0 Å². The molecule has 0 amide bonds. The fraction of sp³-hybridized carbons (Fsp3) is 0.200. The number of halogens is 5. The number of benzene rings is 1. The summed E-state index contributed by atoms with van der Waals surface area (Å²) in [7, 11) is -5.11. The summed E-state index contributed by atoms with van der Waals surface area (Å²) in [5, 5.41) is 0. The van der Waals surface area contributed by atoms with Crippen molar-refractivity contribution in [3.63, 3.8) is 0 Å². The molecule has 0 fully saturated rings. The number of hydrogen-bond donors (Lipinski definition) is 1. The molecule has 0 heterocycles. The van der Waals surface area contributed by atoms with Crippen LogP contribution in [0.3, 0.4) is 0 Å². The average Bonchev–Trinajstić information content (AvgIpc) is 2.25. The highest BCUT2D eigenvalue weighted by Gasteiger charge is 2.44. The molecular weight excluding hydrogens is 295 g/mol. The number of hydrogen-bond acceptors (Lipinski definition) is 2. The predicted molar refractivity (Wildman–Crippen MR) is 55.2 cm³/mol. The maximum atomic E-state index is 13.5. The Kier molecular flexibility index (Phi) is 4.01. The topological polar surface area (TPSA) is 54.4 Å². The van der Waals surface area contributed by atoms with E-state index in [-0.39, 0.29) is 5.56 Å². The normalized spacial score (nSPS) is 12.4. The Morgan fingerprint density at radius 1 is 1.21 bits per heavy atom. The van der Waals surface area contributed by atoms with Crippen molar-refractivity contribution in [2.75, 3.05) is 0 Å². The van der Waals surface area contributed by atoms with Crippen LogP contribution < -0.4 is 0 Å². The minimum atomic E-state index is -5.11. The second-order valence-corrected chi connectivity index (χ2v) is 5.01. The first kappa shape index (κ1) is 15.6. The van der Waals surface area contributed by atoms with E-state index in [9.17, 15) is 30.4 Å². The molecule has 0 aliphatic heterocycles. The maximum Gasteiger partial charge on any atom is 0.330 e. The third kappa shape index (κ3) is 3.10. The number of aryl methyl sites for hydroxylation is 1. The fourth-order valence-electron chi connectivity index (χ4n) is 1.35. The van der Waals surface area contributed by atoms with Gasteiger partial charge in [-0.2, -0.15) is 30.4 Å². The Hall–Kier alpha value is -1.48. The standard InChI is InChI=1S/C10H7F5O3S/c1-5-2-3-7(19(16,17)18)6(4-5)10(14,15)8(11)9(12)13/h2-4H,1H3,(H,16,17,18). The van der Waals surface area contributed by atoms with Crippen molar-refractivity contribution in [3.05, 3.63) is 41.2 Å². The quantitative estimate of drug-likeness (QED) is 0.687. The zero-order valence-electron chi connectivity index (χ0n) is 9.29. The lowest BCUT2D eigenvalue weighted by molar-refractivity contribution is 0.00305. The van der Waals surface area contributed by atoms with Gasteiger partial charge in [0.05, 0.1) is 0 Å². The highest BCUT2D eigenvalue weighted by atomic mass is 32.2. The molecule has 106 valence electrons. The molecule has 1 aromatic rings. The summed E-state index contributed by atoms with van der Waals surface area (Å²) in [6.07, 6.45) is -3.27. The van der Waals surface area contributed by atoms with Crippen LogP contribution in [0.2, 0.25) is 0 Å². The van der Waals surface area contributed by atoms with Crippen molar-refractivity contribution in [2.24, 2.45) is 0 Å². The molecule has 0 bridgehead atoms. The predicted octanol–water partition coefficient (Wildman–Crippen LogP) is 3.41. The molecule has 0 aromatic heterocycles. The van der Waals surface area contributed by atoms with Gasteiger partial charge in [-0.3, -0.25) is 4.55 Å². The van der Waals surface area contributed by atoms with E-state index in [0.717, 1.165) is 6.07 Å². The van der Waals surface area contributed by atoms with Gasteiger partial charge in [-0.25, -0.2) is 0 Å². The zero-order chi connectivity index (χ0) is 15.0. The Bertz CT molecular complexity index is 633. The van der Waals surface area contributed by atoms with Crippen molar-refractivity contribution in [3.8, 4) is 0 Å². The summed E-state index contributed by atoms with van der Waals surface area (Å²) in [6.45, 7) is 1.26. The van der Waals surface area contributed by atoms with Crippen molar-refractivity contribution < 1.29 is 34.9 Å². The molecule has 9 heteroatoms. The molecule has 3 nitrogen and oxygen atoms in total. The largest absolute Gasteiger partial charge is 0.330 e. The molecule has 19 heavy (non-hydrogen) atoms. The number of rotatable bonds is 3. The molecule has 0 aliphatic rings. The summed E-state index contributed by atoms with van der Waals surface area (Å²) in [5.41, 5.74) is -1.48. The average molecular weight is 302 g/mol. The lowest BCUT2D eigenvalue weighted by Gasteiger charge is -2.17. The van der Waals surface area contributed by atoms with Gasteiger partial charge in [0.1, 0.15) is 4.90 Å². The Morgan fingerprint density at radius 3 is 2.16 bits per heavy atom. The first-order valence-corrected chi connectivity index (χ1v) is 6.09. The van der Waals surface area contributed by atoms with Gasteiger partial charge < -0.3 is 0 Å². The van der Waals surface area contributed by atoms with E-state index in [4.69, 9.17) is 4.55 Å². The molecular formula is C10H7F5O3S. The second kappa shape index (κ2) is 4.89. The van der Waals surface area contributed by atoms with Crippen LogP contribution in [0.4, 0.5) is 22.0 Å². The minimum absolute atomic E-state index is 0.0779. The summed E-state index contributed by atoms with van der Waals surface area (Å²) in [6, 6.07) is 2.14. The maximum absolute atomic E-state index is 13.5. The molecule has 0 saturated heterocycles. The van der Waals surface area contributed by atoms with E-state index < -0.39 is 38.4 Å². The van der Waals surface area contributed by atoms with Crippen LogP contribution >= 0.6 is 0 Å². The molecule has 0 radical (unpaired) electrons. The van der Waals surface area contributed by atoms with Gasteiger partial charge in [-0.05, 0) is 19.1 Å². The third-order valence-corrected chi connectivity index (χ3v) is 3.10. The van der Waals surface area contributed by atoms with Gasteiger partial charge in [0.25, 0.3) is 10.1 Å².